The van der Waals surface area contributed by atoms with Gasteiger partial charge in [-0.2, -0.15) is 0 Å². The summed E-state index contributed by atoms with van der Waals surface area (Å²) in [4.78, 5) is 12.5. The van der Waals surface area contributed by atoms with E-state index in [-0.39, 0.29) is 11.7 Å². The summed E-state index contributed by atoms with van der Waals surface area (Å²) in [6.45, 7) is 0.548. The number of carbonyl (C=O) groups is 1. The van der Waals surface area contributed by atoms with E-state index in [0.29, 0.717) is 17.9 Å². The van der Waals surface area contributed by atoms with Gasteiger partial charge in [0, 0.05) is 6.54 Å². The largest absolute Gasteiger partial charge is 0.496 e. The van der Waals surface area contributed by atoms with E-state index in [1.165, 1.54) is 12.1 Å². The van der Waals surface area contributed by atoms with Crippen molar-refractivity contribution in [3.8, 4) is 5.75 Å². The van der Waals surface area contributed by atoms with Crippen LogP contribution in [0.3, 0.4) is 0 Å². The quantitative estimate of drug-likeness (QED) is 0.679. The number of benzene rings is 3. The van der Waals surface area contributed by atoms with E-state index in [9.17, 15) is 9.18 Å². The van der Waals surface area contributed by atoms with E-state index in [2.05, 4.69) is 5.32 Å². The first-order valence-corrected chi connectivity index (χ1v) is 8.27. The third-order valence-electron chi connectivity index (χ3n) is 4.15. The SMILES string of the molecule is COc1cc2ccccc2cc1C(=O)NCCCc1ccc(F)cc1. The average Bonchev–Trinajstić information content (AvgIpc) is 2.65. The van der Waals surface area contributed by atoms with Gasteiger partial charge in [0.25, 0.3) is 5.91 Å². The minimum absolute atomic E-state index is 0.151. The molecule has 0 fully saturated rings. The van der Waals surface area contributed by atoms with Gasteiger partial charge < -0.3 is 10.1 Å². The maximum atomic E-state index is 12.9. The van der Waals surface area contributed by atoms with Gasteiger partial charge in [0.2, 0.25) is 0 Å². The number of hydrogen-bond acceptors (Lipinski definition) is 2. The van der Waals surface area contributed by atoms with Crippen molar-refractivity contribution in [3.63, 3.8) is 0 Å². The fraction of sp³-hybridized carbons (Fsp3) is 0.190. The Morgan fingerprint density at radius 3 is 2.40 bits per heavy atom. The normalized spacial score (nSPS) is 10.6. The van der Waals surface area contributed by atoms with Gasteiger partial charge in [-0.1, -0.05) is 36.4 Å². The zero-order valence-corrected chi connectivity index (χ0v) is 14.1. The highest BCUT2D eigenvalue weighted by atomic mass is 19.1. The molecule has 25 heavy (non-hydrogen) atoms. The molecule has 3 aromatic rings. The van der Waals surface area contributed by atoms with Gasteiger partial charge in [-0.3, -0.25) is 4.79 Å². The molecule has 128 valence electrons. The van der Waals surface area contributed by atoms with E-state index >= 15 is 0 Å². The van der Waals surface area contributed by atoms with Crippen LogP contribution in [-0.4, -0.2) is 19.6 Å². The Morgan fingerprint density at radius 1 is 1.04 bits per heavy atom. The minimum Gasteiger partial charge on any atom is -0.496 e. The molecule has 1 amide bonds. The smallest absolute Gasteiger partial charge is 0.255 e. The van der Waals surface area contributed by atoms with E-state index < -0.39 is 0 Å². The number of rotatable bonds is 6. The molecule has 1 N–H and O–H groups in total. The highest BCUT2D eigenvalue weighted by Gasteiger charge is 2.13. The van der Waals surface area contributed by atoms with E-state index in [0.717, 1.165) is 29.2 Å². The Bertz CT molecular complexity index is 875. The second kappa shape index (κ2) is 7.79. The fourth-order valence-electron chi connectivity index (χ4n) is 2.81. The van der Waals surface area contributed by atoms with Gasteiger partial charge in [-0.05, 0) is 53.4 Å². The lowest BCUT2D eigenvalue weighted by atomic mass is 10.1. The van der Waals surface area contributed by atoms with Gasteiger partial charge >= 0.3 is 0 Å². The number of methoxy groups -OCH3 is 1. The molecule has 0 atom stereocenters. The Morgan fingerprint density at radius 2 is 1.72 bits per heavy atom. The summed E-state index contributed by atoms with van der Waals surface area (Å²) in [6, 6.07) is 18.0. The predicted octanol–water partition coefficient (Wildman–Crippen LogP) is 4.35. The second-order valence-electron chi connectivity index (χ2n) is 5.89. The Labute approximate surface area is 146 Å². The van der Waals surface area contributed by atoms with Crippen molar-refractivity contribution in [1.29, 1.82) is 0 Å². The molecular weight excluding hydrogens is 317 g/mol. The molecule has 0 aliphatic rings. The van der Waals surface area contributed by atoms with Gasteiger partial charge in [0.05, 0.1) is 12.7 Å². The second-order valence-corrected chi connectivity index (χ2v) is 5.89. The molecular formula is C21H20FNO2. The van der Waals surface area contributed by atoms with Crippen molar-refractivity contribution in [2.24, 2.45) is 0 Å². The van der Waals surface area contributed by atoms with Crippen LogP contribution >= 0.6 is 0 Å². The van der Waals surface area contributed by atoms with Crippen molar-refractivity contribution in [1.82, 2.24) is 5.32 Å². The number of amides is 1. The van der Waals surface area contributed by atoms with Crippen LogP contribution in [0.15, 0.2) is 60.7 Å². The first-order valence-electron chi connectivity index (χ1n) is 8.27. The van der Waals surface area contributed by atoms with Crippen LogP contribution in [0.1, 0.15) is 22.3 Å². The molecule has 3 nitrogen and oxygen atoms in total. The van der Waals surface area contributed by atoms with Crippen molar-refractivity contribution in [3.05, 3.63) is 77.6 Å². The molecule has 0 bridgehead atoms. The van der Waals surface area contributed by atoms with Crippen LogP contribution in [0, 0.1) is 5.82 Å². The summed E-state index contributed by atoms with van der Waals surface area (Å²) in [7, 11) is 1.56. The average molecular weight is 337 g/mol. The number of carbonyl (C=O) groups excluding carboxylic acids is 1. The van der Waals surface area contributed by atoms with Crippen LogP contribution in [0.2, 0.25) is 0 Å². The zero-order chi connectivity index (χ0) is 17.6. The zero-order valence-electron chi connectivity index (χ0n) is 14.1. The topological polar surface area (TPSA) is 38.3 Å². The van der Waals surface area contributed by atoms with E-state index in [1.54, 1.807) is 19.2 Å². The summed E-state index contributed by atoms with van der Waals surface area (Å²) in [5.74, 6) is 0.178. The molecule has 4 heteroatoms. The maximum absolute atomic E-state index is 12.9. The van der Waals surface area contributed by atoms with Gasteiger partial charge in [0.1, 0.15) is 11.6 Å². The maximum Gasteiger partial charge on any atom is 0.255 e. The van der Waals surface area contributed by atoms with Gasteiger partial charge in [-0.15, -0.1) is 0 Å². The van der Waals surface area contributed by atoms with Gasteiger partial charge in [0.15, 0.2) is 0 Å². The Hall–Kier alpha value is -2.88. The molecule has 0 aromatic heterocycles. The summed E-state index contributed by atoms with van der Waals surface area (Å²) in [6.07, 6.45) is 1.57. The third kappa shape index (κ3) is 4.15. The molecule has 0 aliphatic carbocycles. The molecule has 0 saturated heterocycles. The van der Waals surface area contributed by atoms with Crippen LogP contribution in [0.5, 0.6) is 5.75 Å². The number of nitrogens with one attached hydrogen (secondary N) is 1. The van der Waals surface area contributed by atoms with E-state index in [1.807, 2.05) is 36.4 Å². The molecule has 0 aliphatic heterocycles. The monoisotopic (exact) mass is 337 g/mol. The molecule has 0 radical (unpaired) electrons. The van der Waals surface area contributed by atoms with Crippen molar-refractivity contribution >= 4 is 16.7 Å². The lowest BCUT2D eigenvalue weighted by Gasteiger charge is -2.11. The van der Waals surface area contributed by atoms with Crippen molar-refractivity contribution < 1.29 is 13.9 Å². The highest BCUT2D eigenvalue weighted by molar-refractivity contribution is 6.01. The summed E-state index contributed by atoms with van der Waals surface area (Å²) < 4.78 is 18.2. The van der Waals surface area contributed by atoms with Crippen LogP contribution in [-0.2, 0) is 6.42 Å². The molecule has 0 saturated carbocycles. The number of fused-ring (bicyclic) bond motifs is 1. The van der Waals surface area contributed by atoms with Crippen LogP contribution < -0.4 is 10.1 Å². The molecule has 0 unspecified atom stereocenters. The number of ether oxygens (including phenoxy) is 1. The lowest BCUT2D eigenvalue weighted by Crippen LogP contribution is -2.25. The van der Waals surface area contributed by atoms with Crippen molar-refractivity contribution in [2.75, 3.05) is 13.7 Å². The lowest BCUT2D eigenvalue weighted by molar-refractivity contribution is 0.0950. The standard InChI is InChI=1S/C21H20FNO2/c1-25-20-14-17-7-3-2-6-16(17)13-19(20)21(24)23-12-4-5-15-8-10-18(22)11-9-15/h2-3,6-11,13-14H,4-5,12H2,1H3,(H,23,24). The highest BCUT2D eigenvalue weighted by Crippen LogP contribution is 2.25. The summed E-state index contributed by atoms with van der Waals surface area (Å²) in [5.41, 5.74) is 1.59. The number of aryl methyl sites for hydroxylation is 1. The first-order chi connectivity index (χ1) is 12.2. The third-order valence-corrected chi connectivity index (χ3v) is 4.15. The first kappa shape index (κ1) is 17.0. The van der Waals surface area contributed by atoms with Crippen molar-refractivity contribution in [2.45, 2.75) is 12.8 Å². The Balaban J connectivity index is 1.62. The molecule has 0 heterocycles. The van der Waals surface area contributed by atoms with Crippen LogP contribution in [0.25, 0.3) is 10.8 Å². The fourth-order valence-corrected chi connectivity index (χ4v) is 2.81. The van der Waals surface area contributed by atoms with Gasteiger partial charge in [-0.25, -0.2) is 4.39 Å². The number of halogens is 1. The molecule has 0 spiro atoms. The van der Waals surface area contributed by atoms with Crippen LogP contribution in [0.4, 0.5) is 4.39 Å². The molecule has 3 rings (SSSR count). The molecule has 3 aromatic carbocycles. The predicted molar refractivity (Wildman–Crippen MR) is 97.6 cm³/mol. The minimum atomic E-state index is -0.236. The van der Waals surface area contributed by atoms with E-state index in [4.69, 9.17) is 4.74 Å². The summed E-state index contributed by atoms with van der Waals surface area (Å²) >= 11 is 0. The Kier molecular flexibility index (Phi) is 5.29. The summed E-state index contributed by atoms with van der Waals surface area (Å²) in [5, 5.41) is 4.96. The number of hydrogen-bond donors (Lipinski definition) is 1.